The molecule has 154 valence electrons. The molecule has 2 aromatic rings. The van der Waals surface area contributed by atoms with Crippen LogP contribution >= 0.6 is 23.2 Å². The molecule has 0 radical (unpaired) electrons. The largest absolute Gasteiger partial charge is 0.491 e. The van der Waals surface area contributed by atoms with Gasteiger partial charge in [-0.1, -0.05) is 36.5 Å². The Kier molecular flexibility index (Phi) is 8.39. The molecule has 0 bridgehead atoms. The highest BCUT2D eigenvalue weighted by molar-refractivity contribution is 7.91. The molecule has 0 saturated heterocycles. The maximum atomic E-state index is 12.9. The van der Waals surface area contributed by atoms with Crippen molar-refractivity contribution in [3.8, 4) is 11.5 Å². The van der Waals surface area contributed by atoms with E-state index in [0.717, 1.165) is 12.8 Å². The Morgan fingerprint density at radius 1 is 1.04 bits per heavy atom. The fourth-order valence-corrected chi connectivity index (χ4v) is 4.28. The number of hydrogen-bond donors (Lipinski definition) is 2. The lowest BCUT2D eigenvalue weighted by Gasteiger charge is -2.13. The van der Waals surface area contributed by atoms with Crippen LogP contribution in [-0.4, -0.2) is 44.6 Å². The van der Waals surface area contributed by atoms with Gasteiger partial charge in [0.1, 0.15) is 18.5 Å². The predicted octanol–water partition coefficient (Wildman–Crippen LogP) is 3.74. The van der Waals surface area contributed by atoms with Crippen molar-refractivity contribution in [2.45, 2.75) is 35.7 Å². The highest BCUT2D eigenvalue weighted by Gasteiger charge is 2.21. The maximum Gasteiger partial charge on any atom is 0.206 e. The maximum absolute atomic E-state index is 12.9. The molecule has 0 heterocycles. The van der Waals surface area contributed by atoms with E-state index in [9.17, 15) is 13.5 Å². The van der Waals surface area contributed by atoms with Gasteiger partial charge in [0.25, 0.3) is 0 Å². The normalized spacial score (nSPS) is 12.6. The molecule has 2 N–H and O–H groups in total. The molecule has 2 aromatic carbocycles. The molecule has 0 spiro atoms. The molecule has 1 atom stereocenters. The quantitative estimate of drug-likeness (QED) is 0.537. The topological polar surface area (TPSA) is 93.1 Å². The fraction of sp³-hybridized carbons (Fsp3) is 0.368. The highest BCUT2D eigenvalue weighted by atomic mass is 35.5. The molecule has 28 heavy (non-hydrogen) atoms. The Morgan fingerprint density at radius 2 is 1.64 bits per heavy atom. The number of unbranched alkanes of at least 4 members (excludes halogenated alkanes) is 1. The minimum Gasteiger partial charge on any atom is -0.491 e. The number of rotatable bonds is 10. The van der Waals surface area contributed by atoms with E-state index in [-0.39, 0.29) is 32.2 Å². The van der Waals surface area contributed by atoms with Gasteiger partial charge in [0.15, 0.2) is 5.75 Å². The Labute approximate surface area is 174 Å². The van der Waals surface area contributed by atoms with Crippen molar-refractivity contribution in [3.05, 3.63) is 46.4 Å². The number of hydrogen-bond acceptors (Lipinski definition) is 6. The van der Waals surface area contributed by atoms with Gasteiger partial charge in [0, 0.05) is 0 Å². The van der Waals surface area contributed by atoms with E-state index in [1.54, 1.807) is 0 Å². The zero-order valence-electron chi connectivity index (χ0n) is 15.3. The van der Waals surface area contributed by atoms with Gasteiger partial charge in [-0.05, 0) is 42.8 Å². The summed E-state index contributed by atoms with van der Waals surface area (Å²) in [5.74, 6) is 0.629. The lowest BCUT2D eigenvalue weighted by atomic mass is 10.3. The third kappa shape index (κ3) is 5.75. The second kappa shape index (κ2) is 10.3. The average Bonchev–Trinajstić information content (AvgIpc) is 2.68. The van der Waals surface area contributed by atoms with Gasteiger partial charge in [-0.3, -0.25) is 0 Å². The first-order valence-electron chi connectivity index (χ1n) is 8.68. The smallest absolute Gasteiger partial charge is 0.206 e. The monoisotopic (exact) mass is 448 g/mol. The number of sulfone groups is 1. The van der Waals surface area contributed by atoms with E-state index in [2.05, 4.69) is 0 Å². The number of aliphatic hydroxyl groups excluding tert-OH is 2. The molecule has 9 heteroatoms. The van der Waals surface area contributed by atoms with Crippen molar-refractivity contribution < 1.29 is 28.1 Å². The van der Waals surface area contributed by atoms with Gasteiger partial charge in [-0.15, -0.1) is 0 Å². The lowest BCUT2D eigenvalue weighted by Crippen LogP contribution is -2.21. The molecule has 0 aliphatic rings. The summed E-state index contributed by atoms with van der Waals surface area (Å²) >= 11 is 12.4. The van der Waals surface area contributed by atoms with Crippen molar-refractivity contribution >= 4 is 33.0 Å². The SMILES string of the molecule is CCCCOc1c(Cl)cc(S(=O)(=O)c2ccc(OC[C@@H](O)CO)cc2)cc1Cl. The first-order chi connectivity index (χ1) is 13.3. The van der Waals surface area contributed by atoms with Crippen molar-refractivity contribution in [2.75, 3.05) is 19.8 Å². The number of ether oxygens (including phenoxy) is 2. The Balaban J connectivity index is 2.22. The van der Waals surface area contributed by atoms with Crippen LogP contribution in [0.3, 0.4) is 0 Å². The van der Waals surface area contributed by atoms with E-state index < -0.39 is 22.5 Å². The number of benzene rings is 2. The van der Waals surface area contributed by atoms with Gasteiger partial charge >= 0.3 is 0 Å². The standard InChI is InChI=1S/C19H22Cl2O6S/c1-2-3-8-26-19-17(20)9-16(10-18(19)21)28(24,25)15-6-4-14(5-7-15)27-12-13(23)11-22/h4-7,9-10,13,22-23H,2-3,8,11-12H2,1H3/t13-/m0/s1. The van der Waals surface area contributed by atoms with E-state index in [4.69, 9.17) is 37.8 Å². The summed E-state index contributed by atoms with van der Waals surface area (Å²) < 4.78 is 36.5. The fourth-order valence-electron chi connectivity index (χ4n) is 2.24. The highest BCUT2D eigenvalue weighted by Crippen LogP contribution is 2.37. The first kappa shape index (κ1) is 22.8. The molecular formula is C19H22Cl2O6S. The van der Waals surface area contributed by atoms with Crippen LogP contribution in [0.25, 0.3) is 0 Å². The van der Waals surface area contributed by atoms with Crippen LogP contribution in [0.5, 0.6) is 11.5 Å². The van der Waals surface area contributed by atoms with Crippen molar-refractivity contribution in [2.24, 2.45) is 0 Å². The van der Waals surface area contributed by atoms with Crippen LogP contribution in [0.15, 0.2) is 46.2 Å². The third-order valence-electron chi connectivity index (χ3n) is 3.81. The van der Waals surface area contributed by atoms with Crippen LogP contribution in [0, 0.1) is 0 Å². The minimum absolute atomic E-state index is 0.0364. The molecule has 0 amide bonds. The van der Waals surface area contributed by atoms with Crippen LogP contribution in [0.2, 0.25) is 10.0 Å². The van der Waals surface area contributed by atoms with E-state index in [1.165, 1.54) is 36.4 Å². The molecule has 0 saturated carbocycles. The zero-order chi connectivity index (χ0) is 20.7. The van der Waals surface area contributed by atoms with Crippen LogP contribution in [0.1, 0.15) is 19.8 Å². The Morgan fingerprint density at radius 3 is 2.18 bits per heavy atom. The minimum atomic E-state index is -3.85. The Hall–Kier alpha value is -1.51. The van der Waals surface area contributed by atoms with Crippen molar-refractivity contribution in [3.63, 3.8) is 0 Å². The van der Waals surface area contributed by atoms with E-state index in [1.807, 2.05) is 6.92 Å². The summed E-state index contributed by atoms with van der Waals surface area (Å²) in [5, 5.41) is 18.3. The van der Waals surface area contributed by atoms with E-state index >= 15 is 0 Å². The summed E-state index contributed by atoms with van der Waals surface area (Å²) in [6, 6.07) is 8.30. The zero-order valence-corrected chi connectivity index (χ0v) is 17.6. The summed E-state index contributed by atoms with van der Waals surface area (Å²) in [5.41, 5.74) is 0. The summed E-state index contributed by atoms with van der Waals surface area (Å²) in [6.07, 6.45) is 0.766. The summed E-state index contributed by atoms with van der Waals surface area (Å²) in [7, 11) is -3.85. The number of aliphatic hydroxyl groups is 2. The Bertz CT molecular complexity index is 861. The third-order valence-corrected chi connectivity index (χ3v) is 6.12. The van der Waals surface area contributed by atoms with Crippen LogP contribution < -0.4 is 9.47 Å². The van der Waals surface area contributed by atoms with Gasteiger partial charge < -0.3 is 19.7 Å². The van der Waals surface area contributed by atoms with Gasteiger partial charge in [0.2, 0.25) is 9.84 Å². The summed E-state index contributed by atoms with van der Waals surface area (Å²) in [4.78, 5) is -0.0101. The molecular weight excluding hydrogens is 427 g/mol. The van der Waals surface area contributed by atoms with Gasteiger partial charge in [-0.2, -0.15) is 0 Å². The molecule has 0 unspecified atom stereocenters. The second-order valence-electron chi connectivity index (χ2n) is 6.04. The van der Waals surface area contributed by atoms with E-state index in [0.29, 0.717) is 12.4 Å². The van der Waals surface area contributed by atoms with Crippen molar-refractivity contribution in [1.82, 2.24) is 0 Å². The molecule has 0 aromatic heterocycles. The summed E-state index contributed by atoms with van der Waals surface area (Å²) in [6.45, 7) is 1.93. The lowest BCUT2D eigenvalue weighted by molar-refractivity contribution is 0.0536. The molecule has 0 fully saturated rings. The predicted molar refractivity (Wildman–Crippen MR) is 107 cm³/mol. The number of halogens is 2. The van der Waals surface area contributed by atoms with Crippen LogP contribution in [-0.2, 0) is 9.84 Å². The van der Waals surface area contributed by atoms with Gasteiger partial charge in [0.05, 0.1) is 33.0 Å². The molecule has 0 aliphatic carbocycles. The molecule has 0 aliphatic heterocycles. The molecule has 6 nitrogen and oxygen atoms in total. The van der Waals surface area contributed by atoms with Gasteiger partial charge in [-0.25, -0.2) is 8.42 Å². The average molecular weight is 449 g/mol. The second-order valence-corrected chi connectivity index (χ2v) is 8.80. The van der Waals surface area contributed by atoms with Crippen LogP contribution in [0.4, 0.5) is 0 Å². The molecule has 2 rings (SSSR count). The van der Waals surface area contributed by atoms with Crippen molar-refractivity contribution in [1.29, 1.82) is 0 Å². The first-order valence-corrected chi connectivity index (χ1v) is 10.9.